The van der Waals surface area contributed by atoms with Crippen LogP contribution in [0.15, 0.2) is 48.9 Å². The minimum absolute atomic E-state index is 0.0749. The third-order valence-corrected chi connectivity index (χ3v) is 10.9. The maximum absolute atomic E-state index is 13.8. The standard InChI is InChI=1S/C41H60N10O8.C2HF3O2/c1-5-13-28(35(53)40(58)45-24-32(52)49-34(41(59)51(3)4)26-17-11-8-12-18-26)46-36(54)27-21-43-22-30(27)48-37(55)29(14-6-2)47-39(57)33(25-15-9-7-10-16-25)50-38(56)31-23-42-19-20-44-31;3-2(4,5)1(6)7/h8,11-12,17-20,23,25,27-30,33-35,43,53H,5-7,9-10,13-16,21-22,24H2,1-4H3,(H,45,58)(H,46,54)(H,47,57)(H,48,55)(H,49,52)(H,50,56);(H,6,7)/t27-,28+,29+,30+,33+,34+,35?;/m1./s1. The van der Waals surface area contributed by atoms with Gasteiger partial charge in [-0.05, 0) is 37.2 Å². The van der Waals surface area contributed by atoms with Crippen molar-refractivity contribution in [2.45, 2.75) is 114 Å². The molecule has 0 radical (unpaired) electrons. The lowest BCUT2D eigenvalue weighted by Gasteiger charge is -2.31. The number of hydrogen-bond acceptors (Lipinski definition) is 12. The van der Waals surface area contributed by atoms with Crippen LogP contribution in [0.5, 0.6) is 0 Å². The molecule has 23 heteroatoms. The first-order chi connectivity index (χ1) is 31.3. The van der Waals surface area contributed by atoms with E-state index in [9.17, 15) is 51.8 Å². The average Bonchev–Trinajstić information content (AvgIpc) is 3.77. The molecule has 1 aromatic heterocycles. The number of nitrogens with zero attached hydrogens (tertiary/aromatic N) is 3. The van der Waals surface area contributed by atoms with Gasteiger partial charge >= 0.3 is 12.1 Å². The number of aliphatic hydroxyl groups excluding tert-OH is 1. The minimum Gasteiger partial charge on any atom is -0.475 e. The van der Waals surface area contributed by atoms with Gasteiger partial charge in [-0.25, -0.2) is 9.78 Å². The molecule has 4 rings (SSSR count). The van der Waals surface area contributed by atoms with Crippen LogP contribution in [-0.4, -0.2) is 143 Å². The Morgan fingerprint density at radius 3 is 2.08 bits per heavy atom. The molecule has 0 spiro atoms. The van der Waals surface area contributed by atoms with Gasteiger partial charge in [0.15, 0.2) is 6.10 Å². The number of carbonyl (C=O) groups excluding carboxylic acids is 7. The maximum Gasteiger partial charge on any atom is 0.490 e. The number of aromatic nitrogens is 2. The quantitative estimate of drug-likeness (QED) is 0.0875. The molecule has 2 fully saturated rings. The Bertz CT molecular complexity index is 1940. The zero-order valence-electron chi connectivity index (χ0n) is 37.4. The smallest absolute Gasteiger partial charge is 0.475 e. The zero-order valence-corrected chi connectivity index (χ0v) is 37.4. The number of hydrogen-bond donors (Lipinski definition) is 9. The molecule has 1 saturated carbocycles. The van der Waals surface area contributed by atoms with Gasteiger partial charge in [-0.3, -0.25) is 38.5 Å². The van der Waals surface area contributed by atoms with Gasteiger partial charge in [0.25, 0.3) is 11.8 Å². The van der Waals surface area contributed by atoms with Gasteiger partial charge in [0.1, 0.15) is 23.8 Å². The highest BCUT2D eigenvalue weighted by Crippen LogP contribution is 2.27. The van der Waals surface area contributed by atoms with Crippen molar-refractivity contribution in [3.8, 4) is 0 Å². The first kappa shape index (κ1) is 54.1. The van der Waals surface area contributed by atoms with Gasteiger partial charge in [-0.1, -0.05) is 76.3 Å². The molecule has 20 nitrogen and oxygen atoms in total. The molecule has 2 aliphatic rings. The van der Waals surface area contributed by atoms with Gasteiger partial charge in [0, 0.05) is 39.6 Å². The fourth-order valence-corrected chi connectivity index (χ4v) is 7.47. The first-order valence-corrected chi connectivity index (χ1v) is 21.8. The Kier molecular flexibility index (Phi) is 21.9. The lowest BCUT2D eigenvalue weighted by Crippen LogP contribution is -2.58. The van der Waals surface area contributed by atoms with Gasteiger partial charge in [0.2, 0.25) is 29.5 Å². The number of halogens is 3. The van der Waals surface area contributed by atoms with Gasteiger partial charge in [-0.2, -0.15) is 13.2 Å². The van der Waals surface area contributed by atoms with Crippen molar-refractivity contribution in [3.05, 3.63) is 60.2 Å². The van der Waals surface area contributed by atoms with Crippen molar-refractivity contribution in [1.29, 1.82) is 0 Å². The van der Waals surface area contributed by atoms with Gasteiger partial charge in [-0.15, -0.1) is 0 Å². The molecule has 1 unspecified atom stereocenters. The summed E-state index contributed by atoms with van der Waals surface area (Å²) in [5, 5.41) is 37.7. The summed E-state index contributed by atoms with van der Waals surface area (Å²) in [5.74, 6) is -7.58. The van der Waals surface area contributed by atoms with E-state index in [1.807, 2.05) is 13.8 Å². The van der Waals surface area contributed by atoms with Crippen molar-refractivity contribution in [2.75, 3.05) is 33.7 Å². The van der Waals surface area contributed by atoms with E-state index in [0.717, 1.165) is 32.1 Å². The van der Waals surface area contributed by atoms with Crippen molar-refractivity contribution in [3.63, 3.8) is 0 Å². The van der Waals surface area contributed by atoms with E-state index in [2.05, 4.69) is 47.2 Å². The lowest BCUT2D eigenvalue weighted by atomic mass is 9.83. The molecule has 7 amide bonds. The molecule has 9 N–H and O–H groups in total. The fourth-order valence-electron chi connectivity index (χ4n) is 7.47. The second-order valence-corrected chi connectivity index (χ2v) is 16.2. The summed E-state index contributed by atoms with van der Waals surface area (Å²) in [6, 6.07) is 4.13. The third kappa shape index (κ3) is 17.0. The van der Waals surface area contributed by atoms with Gasteiger partial charge in [0.05, 0.1) is 30.7 Å². The number of benzene rings is 1. The Balaban J connectivity index is 0.00000152. The predicted molar refractivity (Wildman–Crippen MR) is 231 cm³/mol. The van der Waals surface area contributed by atoms with Crippen LogP contribution in [0.3, 0.4) is 0 Å². The first-order valence-electron chi connectivity index (χ1n) is 21.8. The Labute approximate surface area is 380 Å². The molecular formula is C43H61F3N10O10. The second-order valence-electron chi connectivity index (χ2n) is 16.2. The Morgan fingerprint density at radius 2 is 1.50 bits per heavy atom. The number of nitrogens with one attached hydrogen (secondary N) is 7. The summed E-state index contributed by atoms with van der Waals surface area (Å²) in [4.78, 5) is 111. The van der Waals surface area contributed by atoms with E-state index in [4.69, 9.17) is 9.90 Å². The third-order valence-electron chi connectivity index (χ3n) is 10.9. The van der Waals surface area contributed by atoms with Crippen LogP contribution in [0.4, 0.5) is 13.2 Å². The molecular weight excluding hydrogens is 874 g/mol. The number of carboxylic acid groups (broad SMARTS) is 1. The number of alkyl halides is 3. The number of carbonyl (C=O) groups is 8. The van der Waals surface area contributed by atoms with E-state index in [1.54, 1.807) is 44.4 Å². The summed E-state index contributed by atoms with van der Waals surface area (Å²) in [7, 11) is 3.13. The number of rotatable bonds is 20. The Morgan fingerprint density at radius 1 is 0.848 bits per heavy atom. The topological polar surface area (TPSA) is 290 Å². The number of likely N-dealkylation sites (N-methyl/N-ethyl adjacent to an activating group) is 1. The monoisotopic (exact) mass is 934 g/mol. The molecule has 1 aliphatic heterocycles. The van der Waals surface area contributed by atoms with Gasteiger partial charge < -0.3 is 52.3 Å². The molecule has 66 heavy (non-hydrogen) atoms. The minimum atomic E-state index is -5.08. The highest BCUT2D eigenvalue weighted by molar-refractivity contribution is 5.97. The second kappa shape index (κ2) is 26.7. The summed E-state index contributed by atoms with van der Waals surface area (Å²) in [6.45, 7) is 3.63. The van der Waals surface area contributed by atoms with Crippen molar-refractivity contribution in [2.24, 2.45) is 11.8 Å². The lowest BCUT2D eigenvalue weighted by molar-refractivity contribution is -0.192. The van der Waals surface area contributed by atoms with Crippen LogP contribution in [-0.2, 0) is 33.6 Å². The molecule has 1 aliphatic carbocycles. The van der Waals surface area contributed by atoms with Crippen LogP contribution < -0.4 is 37.2 Å². The summed E-state index contributed by atoms with van der Waals surface area (Å²) >= 11 is 0. The van der Waals surface area contributed by atoms with Crippen LogP contribution in [0, 0.1) is 11.8 Å². The SMILES string of the molecule is CCC[C@H](NC(=O)[C@@H](NC(=O)c1cnccn1)C1CCCCC1)C(=O)N[C@H]1CNC[C@H]1C(=O)N[C@@H](CCC)C(O)C(=O)NCC(=O)N[C@H](C(=O)N(C)C)c1ccccc1.O=C(O)C(F)(F)F. The summed E-state index contributed by atoms with van der Waals surface area (Å²) in [5.41, 5.74) is 0.632. The molecule has 1 saturated heterocycles. The van der Waals surface area contributed by atoms with Crippen LogP contribution in [0.2, 0.25) is 0 Å². The van der Waals surface area contributed by atoms with Crippen LogP contribution in [0.1, 0.15) is 93.7 Å². The van der Waals surface area contributed by atoms with E-state index in [-0.39, 0.29) is 37.0 Å². The summed E-state index contributed by atoms with van der Waals surface area (Å²) in [6.07, 6.45) is 3.33. The van der Waals surface area contributed by atoms with E-state index in [0.29, 0.717) is 24.8 Å². The summed E-state index contributed by atoms with van der Waals surface area (Å²) < 4.78 is 31.7. The van der Waals surface area contributed by atoms with Crippen molar-refractivity contribution in [1.82, 2.24) is 52.1 Å². The molecule has 2 heterocycles. The molecule has 7 atom stereocenters. The Hall–Kier alpha value is -6.23. The fraction of sp³-hybridized carbons (Fsp3) is 0.581. The van der Waals surface area contributed by atoms with E-state index in [1.165, 1.54) is 23.5 Å². The predicted octanol–water partition coefficient (Wildman–Crippen LogP) is 0.485. The number of aliphatic carboxylic acids is 1. The highest BCUT2D eigenvalue weighted by Gasteiger charge is 2.40. The highest BCUT2D eigenvalue weighted by atomic mass is 19.4. The van der Waals surface area contributed by atoms with Crippen LogP contribution >= 0.6 is 0 Å². The molecule has 0 bridgehead atoms. The normalized spacial score (nSPS) is 18.3. The van der Waals surface area contributed by atoms with E-state index >= 15 is 0 Å². The largest absolute Gasteiger partial charge is 0.490 e. The van der Waals surface area contributed by atoms with Crippen LogP contribution in [0.25, 0.3) is 0 Å². The van der Waals surface area contributed by atoms with Crippen molar-refractivity contribution >= 4 is 47.3 Å². The van der Waals surface area contributed by atoms with E-state index < -0.39 is 96.4 Å². The molecule has 1 aromatic carbocycles. The average molecular weight is 935 g/mol. The molecule has 364 valence electrons. The number of carboxylic acids is 1. The number of amides is 7. The maximum atomic E-state index is 13.8. The number of aliphatic hydroxyl groups is 1. The zero-order chi connectivity index (χ0) is 49.0. The van der Waals surface area contributed by atoms with Crippen molar-refractivity contribution < 1.29 is 61.7 Å². The molecule has 2 aromatic rings.